The third kappa shape index (κ3) is 2.77. The number of likely N-dealkylation sites (tertiary alicyclic amines) is 1. The lowest BCUT2D eigenvalue weighted by molar-refractivity contribution is -0.134. The zero-order chi connectivity index (χ0) is 16.5. The van der Waals surface area contributed by atoms with Crippen LogP contribution in [0.1, 0.15) is 31.6 Å². The van der Waals surface area contributed by atoms with Gasteiger partial charge in [-0.25, -0.2) is 0 Å². The summed E-state index contributed by atoms with van der Waals surface area (Å²) in [5.74, 6) is 1.18. The maximum Gasteiger partial charge on any atom is 0.246 e. The first-order chi connectivity index (χ1) is 11.7. The van der Waals surface area contributed by atoms with Gasteiger partial charge in [0.25, 0.3) is 0 Å². The minimum absolute atomic E-state index is 0.129. The van der Waals surface area contributed by atoms with Crippen molar-refractivity contribution in [2.45, 2.75) is 32.2 Å². The number of rotatable bonds is 4. The third-order valence-electron chi connectivity index (χ3n) is 4.48. The predicted molar refractivity (Wildman–Crippen MR) is 86.0 cm³/mol. The number of carbonyl (C=O) groups is 2. The molecule has 2 aliphatic heterocycles. The van der Waals surface area contributed by atoms with Gasteiger partial charge >= 0.3 is 0 Å². The Balaban J connectivity index is 1.51. The topological polar surface area (TPSA) is 79.5 Å². The molecule has 0 spiro atoms. The van der Waals surface area contributed by atoms with E-state index < -0.39 is 0 Å². The fraction of sp³-hybridized carbons (Fsp3) is 0.412. The molecule has 0 saturated carbocycles. The van der Waals surface area contributed by atoms with Gasteiger partial charge in [-0.2, -0.15) is 4.98 Å². The van der Waals surface area contributed by atoms with Gasteiger partial charge in [-0.1, -0.05) is 17.3 Å². The van der Waals surface area contributed by atoms with Crippen molar-refractivity contribution in [1.82, 2.24) is 15.0 Å². The molecule has 1 aromatic carbocycles. The van der Waals surface area contributed by atoms with Crippen LogP contribution in [0.3, 0.4) is 0 Å². The number of hydrogen-bond acceptors (Lipinski definition) is 5. The van der Waals surface area contributed by atoms with E-state index in [4.69, 9.17) is 4.52 Å². The van der Waals surface area contributed by atoms with Gasteiger partial charge in [-0.05, 0) is 25.0 Å². The van der Waals surface area contributed by atoms with Crippen LogP contribution in [0.25, 0.3) is 11.4 Å². The molecule has 7 heteroatoms. The van der Waals surface area contributed by atoms with Crippen molar-refractivity contribution in [2.24, 2.45) is 0 Å². The molecule has 0 unspecified atom stereocenters. The van der Waals surface area contributed by atoms with E-state index in [2.05, 4.69) is 10.1 Å². The van der Waals surface area contributed by atoms with E-state index in [1.807, 2.05) is 24.3 Å². The molecule has 7 nitrogen and oxygen atoms in total. The lowest BCUT2D eigenvalue weighted by Crippen LogP contribution is -2.43. The lowest BCUT2D eigenvalue weighted by Gasteiger charge is -2.30. The average molecular weight is 326 g/mol. The summed E-state index contributed by atoms with van der Waals surface area (Å²) in [4.78, 5) is 31.3. The van der Waals surface area contributed by atoms with Crippen LogP contribution in [-0.2, 0) is 16.1 Å². The van der Waals surface area contributed by atoms with E-state index in [9.17, 15) is 9.59 Å². The molecule has 2 aromatic rings. The number of amides is 2. The van der Waals surface area contributed by atoms with Gasteiger partial charge in [0, 0.05) is 37.2 Å². The Morgan fingerprint density at radius 3 is 2.75 bits per heavy atom. The van der Waals surface area contributed by atoms with E-state index in [1.54, 1.807) is 9.80 Å². The number of hydrogen-bond donors (Lipinski definition) is 0. The number of aromatic nitrogens is 2. The van der Waals surface area contributed by atoms with Crippen LogP contribution in [0.15, 0.2) is 28.8 Å². The number of benzene rings is 1. The van der Waals surface area contributed by atoms with Crippen molar-refractivity contribution < 1.29 is 14.1 Å². The highest BCUT2D eigenvalue weighted by Gasteiger charge is 2.26. The van der Waals surface area contributed by atoms with Gasteiger partial charge in [0.1, 0.15) is 0 Å². The second-order valence-electron chi connectivity index (χ2n) is 6.13. The van der Waals surface area contributed by atoms with Crippen molar-refractivity contribution in [3.8, 4) is 11.4 Å². The second kappa shape index (κ2) is 6.07. The smallest absolute Gasteiger partial charge is 0.246 e. The minimum Gasteiger partial charge on any atom is -0.337 e. The zero-order valence-electron chi connectivity index (χ0n) is 13.3. The Bertz CT molecular complexity index is 786. The van der Waals surface area contributed by atoms with Gasteiger partial charge in [-0.15, -0.1) is 0 Å². The summed E-state index contributed by atoms with van der Waals surface area (Å²) in [5.41, 5.74) is 1.65. The fourth-order valence-corrected chi connectivity index (χ4v) is 3.03. The molecular weight excluding hydrogens is 308 g/mol. The summed E-state index contributed by atoms with van der Waals surface area (Å²) >= 11 is 0. The van der Waals surface area contributed by atoms with Crippen molar-refractivity contribution in [3.63, 3.8) is 0 Å². The number of anilines is 1. The van der Waals surface area contributed by atoms with Gasteiger partial charge in [0.2, 0.25) is 23.5 Å². The van der Waals surface area contributed by atoms with Gasteiger partial charge in [-0.3, -0.25) is 9.59 Å². The van der Waals surface area contributed by atoms with E-state index in [-0.39, 0.29) is 11.8 Å². The Kier molecular flexibility index (Phi) is 3.76. The number of β-lactam (4-membered cyclic amide) rings is 1. The van der Waals surface area contributed by atoms with Crippen LogP contribution < -0.4 is 4.90 Å². The molecule has 0 radical (unpaired) electrons. The largest absolute Gasteiger partial charge is 0.337 e. The number of nitrogens with zero attached hydrogens (tertiary/aromatic N) is 4. The molecule has 0 N–H and O–H groups in total. The molecule has 1 aromatic heterocycles. The average Bonchev–Trinajstić information content (AvgIpc) is 3.04. The number of piperidine rings is 1. The standard InChI is InChI=1S/C17H18N4O3/c22-15-6-1-2-8-20(15)11-14-18-17(19-24-14)12-4-3-5-13(10-12)21-9-7-16(21)23/h3-5,10H,1-2,6-9,11H2. The highest BCUT2D eigenvalue weighted by Crippen LogP contribution is 2.26. The Hall–Kier alpha value is -2.70. The highest BCUT2D eigenvalue weighted by atomic mass is 16.5. The normalized spacial score (nSPS) is 18.0. The monoisotopic (exact) mass is 326 g/mol. The van der Waals surface area contributed by atoms with Crippen molar-refractivity contribution >= 4 is 17.5 Å². The van der Waals surface area contributed by atoms with E-state index in [0.29, 0.717) is 31.1 Å². The lowest BCUT2D eigenvalue weighted by atomic mass is 10.1. The Morgan fingerprint density at radius 2 is 2.00 bits per heavy atom. The van der Waals surface area contributed by atoms with Gasteiger partial charge in [0.15, 0.2) is 0 Å². The fourth-order valence-electron chi connectivity index (χ4n) is 3.03. The van der Waals surface area contributed by atoms with Crippen LogP contribution in [-0.4, -0.2) is 39.9 Å². The maximum atomic E-state index is 11.9. The third-order valence-corrected chi connectivity index (χ3v) is 4.48. The molecule has 2 fully saturated rings. The molecule has 2 aliphatic rings. The first-order valence-electron chi connectivity index (χ1n) is 8.22. The van der Waals surface area contributed by atoms with Crippen LogP contribution in [0.2, 0.25) is 0 Å². The summed E-state index contributed by atoms with van der Waals surface area (Å²) in [7, 11) is 0. The second-order valence-corrected chi connectivity index (χ2v) is 6.13. The molecular formula is C17H18N4O3. The quantitative estimate of drug-likeness (QED) is 0.803. The Morgan fingerprint density at radius 1 is 1.08 bits per heavy atom. The Labute approximate surface area is 139 Å². The van der Waals surface area contributed by atoms with E-state index in [0.717, 1.165) is 37.2 Å². The predicted octanol–water partition coefficient (Wildman–Crippen LogP) is 1.99. The molecule has 2 saturated heterocycles. The van der Waals surface area contributed by atoms with Crippen LogP contribution in [0, 0.1) is 0 Å². The molecule has 4 rings (SSSR count). The number of carbonyl (C=O) groups excluding carboxylic acids is 2. The first-order valence-corrected chi connectivity index (χ1v) is 8.22. The molecule has 124 valence electrons. The van der Waals surface area contributed by atoms with Crippen molar-refractivity contribution in [2.75, 3.05) is 18.0 Å². The van der Waals surface area contributed by atoms with Crippen LogP contribution in [0.5, 0.6) is 0 Å². The zero-order valence-corrected chi connectivity index (χ0v) is 13.3. The van der Waals surface area contributed by atoms with Gasteiger partial charge < -0.3 is 14.3 Å². The van der Waals surface area contributed by atoms with E-state index >= 15 is 0 Å². The summed E-state index contributed by atoms with van der Waals surface area (Å²) < 4.78 is 5.30. The molecule has 24 heavy (non-hydrogen) atoms. The highest BCUT2D eigenvalue weighted by molar-refractivity contribution is 5.99. The molecule has 0 bridgehead atoms. The summed E-state index contributed by atoms with van der Waals surface area (Å²) in [6, 6.07) is 7.54. The molecule has 0 atom stereocenters. The minimum atomic E-state index is 0.129. The van der Waals surface area contributed by atoms with Crippen LogP contribution in [0.4, 0.5) is 5.69 Å². The van der Waals surface area contributed by atoms with Crippen LogP contribution >= 0.6 is 0 Å². The van der Waals surface area contributed by atoms with E-state index in [1.165, 1.54) is 0 Å². The van der Waals surface area contributed by atoms with Gasteiger partial charge in [0.05, 0.1) is 6.54 Å². The summed E-state index contributed by atoms with van der Waals surface area (Å²) in [5, 5.41) is 4.01. The molecule has 0 aliphatic carbocycles. The summed E-state index contributed by atoms with van der Waals surface area (Å²) in [6.07, 6.45) is 3.15. The van der Waals surface area contributed by atoms with Crippen molar-refractivity contribution in [1.29, 1.82) is 0 Å². The molecule has 3 heterocycles. The summed E-state index contributed by atoms with van der Waals surface area (Å²) in [6.45, 7) is 1.84. The molecule has 2 amide bonds. The van der Waals surface area contributed by atoms with Crippen molar-refractivity contribution in [3.05, 3.63) is 30.2 Å². The first kappa shape index (κ1) is 14.9. The SMILES string of the molecule is O=C1CCCCN1Cc1nc(-c2cccc(N3CCC3=O)c2)no1. The maximum absolute atomic E-state index is 11.9.